The smallest absolute Gasteiger partial charge is 0.151 e. The number of hydrogen-bond donors (Lipinski definition) is 2. The van der Waals surface area contributed by atoms with Crippen molar-refractivity contribution in [1.82, 2.24) is 0 Å². The molecule has 0 spiro atoms. The Morgan fingerprint density at radius 2 is 0.978 bits per heavy atom. The highest BCUT2D eigenvalue weighted by atomic mass is 79.9. The number of phenolic OH excluding ortho intramolecular Hbond substituents is 2. The van der Waals surface area contributed by atoms with Gasteiger partial charge in [0.25, 0.3) is 0 Å². The van der Waals surface area contributed by atoms with Crippen LogP contribution in [0.4, 0.5) is 0 Å². The molecule has 0 aliphatic rings. The van der Waals surface area contributed by atoms with Crippen LogP contribution in [-0.4, -0.2) is 49.6 Å². The van der Waals surface area contributed by atoms with Crippen LogP contribution in [-0.2, 0) is 0 Å². The molecule has 46 heavy (non-hydrogen) atoms. The third-order valence-corrected chi connectivity index (χ3v) is 9.14. The second-order valence-electron chi connectivity index (χ2n) is 9.37. The Bertz CT molecular complexity index is 1700. The van der Waals surface area contributed by atoms with Crippen LogP contribution in [0.1, 0.15) is 63.7 Å². The van der Waals surface area contributed by atoms with Gasteiger partial charge in [-0.15, -0.1) is 0 Å². The first kappa shape index (κ1) is 40.7. The summed E-state index contributed by atoms with van der Waals surface area (Å²) in [5.74, 6) is 1.77. The maximum Gasteiger partial charge on any atom is 0.151 e. The molecule has 0 aromatic heterocycles. The number of carbonyl (C=O) groups is 4. The van der Waals surface area contributed by atoms with E-state index >= 15 is 0 Å². The van der Waals surface area contributed by atoms with Gasteiger partial charge in [0.05, 0.1) is 14.2 Å². The molecule has 0 radical (unpaired) electrons. The predicted octanol–water partition coefficient (Wildman–Crippen LogP) is 9.71. The lowest BCUT2D eigenvalue weighted by Gasteiger charge is -2.07. The molecule has 0 unspecified atom stereocenters. The Balaban J connectivity index is 0.000000307. The van der Waals surface area contributed by atoms with Crippen LogP contribution in [0.15, 0.2) is 66.4 Å². The molecule has 0 amide bonds. The fourth-order valence-electron chi connectivity index (χ4n) is 3.62. The van der Waals surface area contributed by atoms with Crippen LogP contribution >= 0.6 is 63.7 Å². The second-order valence-corrected chi connectivity index (χ2v) is 12.8. The lowest BCUT2D eigenvalue weighted by molar-refractivity contribution is 0.111. The summed E-state index contributed by atoms with van der Waals surface area (Å²) in [4.78, 5) is 42.0. The number of aldehydes is 4. The van der Waals surface area contributed by atoms with Gasteiger partial charge in [0, 0.05) is 51.3 Å². The summed E-state index contributed by atoms with van der Waals surface area (Å²) in [6.07, 6.45) is 3.04. The molecular formula is C34H32Br4O8. The van der Waals surface area contributed by atoms with Gasteiger partial charge in [-0.2, -0.15) is 0 Å². The molecule has 2 N–H and O–H groups in total. The van der Waals surface area contributed by atoms with Gasteiger partial charge < -0.3 is 19.7 Å². The van der Waals surface area contributed by atoms with Gasteiger partial charge in [0.15, 0.2) is 25.1 Å². The standard InChI is InChI=1S/2C9H9BrO2.2C8H7BrO2/c1-6-3-8(10)7(5-11)4-9(6)12-2;1-6-7(5-11)8(10)3-4-9(6)12-2;1-5-2-7(9)6(4-10)3-8(5)11;1-5-6(4-10)7(9)2-3-8(5)11/h2*3-5H,1-2H3;2*2-4,11H,1H3. The van der Waals surface area contributed by atoms with Crippen molar-refractivity contribution >= 4 is 88.9 Å². The van der Waals surface area contributed by atoms with Gasteiger partial charge in [0.2, 0.25) is 0 Å². The van der Waals surface area contributed by atoms with Crippen molar-refractivity contribution in [3.8, 4) is 23.0 Å². The first-order valence-electron chi connectivity index (χ1n) is 13.2. The number of aryl methyl sites for hydroxylation is 2. The van der Waals surface area contributed by atoms with E-state index in [9.17, 15) is 29.4 Å². The number of carbonyl (C=O) groups excluding carboxylic acids is 4. The molecule has 4 aromatic carbocycles. The normalized spacial score (nSPS) is 9.61. The van der Waals surface area contributed by atoms with Gasteiger partial charge in [-0.25, -0.2) is 0 Å². The predicted molar refractivity (Wildman–Crippen MR) is 193 cm³/mol. The summed E-state index contributed by atoms with van der Waals surface area (Å²) in [7, 11) is 3.18. The molecule has 0 heterocycles. The maximum absolute atomic E-state index is 10.6. The van der Waals surface area contributed by atoms with Crippen molar-refractivity contribution in [1.29, 1.82) is 0 Å². The van der Waals surface area contributed by atoms with Gasteiger partial charge in [-0.1, -0.05) is 63.7 Å². The number of halogens is 4. The topological polar surface area (TPSA) is 127 Å². The van der Waals surface area contributed by atoms with Crippen molar-refractivity contribution in [2.24, 2.45) is 0 Å². The molecule has 0 aliphatic carbocycles. The number of aromatic hydroxyl groups is 2. The minimum atomic E-state index is 0.148. The lowest BCUT2D eigenvalue weighted by atomic mass is 10.1. The van der Waals surface area contributed by atoms with Crippen molar-refractivity contribution in [3.05, 3.63) is 111 Å². The molecule has 0 saturated heterocycles. The third-order valence-electron chi connectivity index (χ3n) is 6.38. The van der Waals surface area contributed by atoms with E-state index in [4.69, 9.17) is 9.47 Å². The number of ether oxygens (including phenoxy) is 2. The van der Waals surface area contributed by atoms with E-state index in [1.807, 2.05) is 26.0 Å². The zero-order valence-corrected chi connectivity index (χ0v) is 32.1. The second kappa shape index (κ2) is 20.0. The highest BCUT2D eigenvalue weighted by Gasteiger charge is 2.08. The fourth-order valence-corrected chi connectivity index (χ4v) is 5.77. The van der Waals surface area contributed by atoms with E-state index in [-0.39, 0.29) is 11.5 Å². The number of rotatable bonds is 6. The minimum Gasteiger partial charge on any atom is -0.508 e. The molecule has 8 nitrogen and oxygen atoms in total. The molecular weight excluding hydrogens is 856 g/mol. The molecule has 12 heteroatoms. The molecule has 0 saturated carbocycles. The zero-order chi connectivity index (χ0) is 35.1. The summed E-state index contributed by atoms with van der Waals surface area (Å²) in [6.45, 7) is 7.25. The molecule has 0 atom stereocenters. The third kappa shape index (κ3) is 11.5. The maximum atomic E-state index is 10.6. The van der Waals surface area contributed by atoms with Crippen LogP contribution in [0.5, 0.6) is 23.0 Å². The number of methoxy groups -OCH3 is 2. The van der Waals surface area contributed by atoms with E-state index in [0.717, 1.165) is 56.0 Å². The number of phenols is 2. The van der Waals surface area contributed by atoms with Crippen LogP contribution in [0, 0.1) is 27.7 Å². The monoisotopic (exact) mass is 884 g/mol. The highest BCUT2D eigenvalue weighted by molar-refractivity contribution is 9.11. The average Bonchev–Trinajstić information content (AvgIpc) is 3.02. The summed E-state index contributed by atoms with van der Waals surface area (Å²) in [5, 5.41) is 18.4. The SMILES string of the molecule is COc1cc(C=O)c(Br)cc1C.COc1ccc(Br)c(C=O)c1C.Cc1c(O)ccc(Br)c1C=O.Cc1cc(Br)c(C=O)cc1O. The lowest BCUT2D eigenvalue weighted by Crippen LogP contribution is -1.93. The summed E-state index contributed by atoms with van der Waals surface area (Å²) >= 11 is 13.0. The van der Waals surface area contributed by atoms with E-state index < -0.39 is 0 Å². The fraction of sp³-hybridized carbons (Fsp3) is 0.176. The Morgan fingerprint density at radius 1 is 0.522 bits per heavy atom. The van der Waals surface area contributed by atoms with Crippen LogP contribution in [0.2, 0.25) is 0 Å². The Kier molecular flexibility index (Phi) is 17.7. The summed E-state index contributed by atoms with van der Waals surface area (Å²) in [6, 6.07) is 13.5. The molecule has 0 fully saturated rings. The Hall–Kier alpha value is -3.32. The highest BCUT2D eigenvalue weighted by Crippen LogP contribution is 2.28. The van der Waals surface area contributed by atoms with Crippen molar-refractivity contribution in [2.45, 2.75) is 27.7 Å². The van der Waals surface area contributed by atoms with E-state index in [1.165, 1.54) is 6.07 Å². The Morgan fingerprint density at radius 3 is 1.43 bits per heavy atom. The van der Waals surface area contributed by atoms with Crippen molar-refractivity contribution in [3.63, 3.8) is 0 Å². The quantitative estimate of drug-likeness (QED) is 0.183. The molecule has 0 bridgehead atoms. The molecule has 4 rings (SSSR count). The van der Waals surface area contributed by atoms with Crippen LogP contribution < -0.4 is 9.47 Å². The molecule has 0 aliphatic heterocycles. The largest absolute Gasteiger partial charge is 0.508 e. The zero-order valence-electron chi connectivity index (χ0n) is 25.8. The first-order valence-corrected chi connectivity index (χ1v) is 16.3. The summed E-state index contributed by atoms with van der Waals surface area (Å²) < 4.78 is 13.2. The van der Waals surface area contributed by atoms with E-state index in [2.05, 4.69) is 63.7 Å². The van der Waals surface area contributed by atoms with Gasteiger partial charge in [0.1, 0.15) is 23.0 Å². The molecule has 244 valence electrons. The average molecular weight is 888 g/mol. The van der Waals surface area contributed by atoms with Crippen molar-refractivity contribution in [2.75, 3.05) is 14.2 Å². The molecule has 4 aromatic rings. The first-order chi connectivity index (χ1) is 21.7. The summed E-state index contributed by atoms with van der Waals surface area (Å²) in [5.41, 5.74) is 5.46. The number of benzene rings is 4. The Labute approximate surface area is 301 Å². The van der Waals surface area contributed by atoms with Crippen LogP contribution in [0.3, 0.4) is 0 Å². The van der Waals surface area contributed by atoms with Gasteiger partial charge in [-0.3, -0.25) is 19.2 Å². The van der Waals surface area contributed by atoms with Crippen molar-refractivity contribution < 1.29 is 38.9 Å². The van der Waals surface area contributed by atoms with Gasteiger partial charge >= 0.3 is 0 Å². The van der Waals surface area contributed by atoms with Crippen LogP contribution in [0.25, 0.3) is 0 Å². The number of hydrogen-bond acceptors (Lipinski definition) is 8. The van der Waals surface area contributed by atoms with E-state index in [0.29, 0.717) is 43.0 Å². The van der Waals surface area contributed by atoms with Gasteiger partial charge in [-0.05, 0) is 87.4 Å². The minimum absolute atomic E-state index is 0.148. The van der Waals surface area contributed by atoms with E-state index in [1.54, 1.807) is 58.4 Å².